The predicted molar refractivity (Wildman–Crippen MR) is 107 cm³/mol. The lowest BCUT2D eigenvalue weighted by molar-refractivity contribution is -0.120. The molecule has 146 valence electrons. The fourth-order valence-electron chi connectivity index (χ4n) is 4.53. The molecule has 0 unspecified atom stereocenters. The van der Waals surface area contributed by atoms with E-state index in [1.165, 1.54) is 57.4 Å². The Bertz CT molecular complexity index is 661. The molecule has 3 aliphatic rings. The second-order valence-corrected chi connectivity index (χ2v) is 8.06. The number of hydrogen-bond donors (Lipinski definition) is 1. The zero-order valence-electron chi connectivity index (χ0n) is 16.0. The number of carbonyl (C=O) groups is 2. The predicted octanol–water partition coefficient (Wildman–Crippen LogP) is 2.84. The molecule has 0 radical (unpaired) electrons. The van der Waals surface area contributed by atoms with Crippen LogP contribution in [0.2, 0.25) is 0 Å². The maximum Gasteiger partial charge on any atom is 0.328 e. The fraction of sp³-hybridized carbons (Fsp3) is 0.619. The normalized spacial score (nSPS) is 22.8. The van der Waals surface area contributed by atoms with Crippen molar-refractivity contribution in [2.24, 2.45) is 5.92 Å². The van der Waals surface area contributed by atoms with Gasteiger partial charge in [-0.25, -0.2) is 4.79 Å². The van der Waals surface area contributed by atoms with E-state index in [2.05, 4.69) is 27.2 Å². The molecule has 3 amide bonds. The molecule has 1 aromatic carbocycles. The topological polar surface area (TPSA) is 55.9 Å². The van der Waals surface area contributed by atoms with E-state index in [0.717, 1.165) is 24.7 Å². The van der Waals surface area contributed by atoms with Gasteiger partial charge in [-0.05, 0) is 69.0 Å². The molecule has 3 fully saturated rings. The summed E-state index contributed by atoms with van der Waals surface area (Å²) in [6.07, 6.45) is 7.02. The van der Waals surface area contributed by atoms with Gasteiger partial charge in [0.2, 0.25) is 5.91 Å². The average Bonchev–Trinajstić information content (AvgIpc) is 2.70. The molecular formula is C21H30N4O2. The standard InChI is InChI=1S/C21H30N4O2/c26-20-10-15-25(21(27)22-20)19-6-4-18(5-7-19)24-13-8-17(9-14-24)16-23-11-2-1-3-12-23/h4-7,17H,1-3,8-16H2,(H,22,26,27). The first-order chi connectivity index (χ1) is 13.2. The zero-order valence-corrected chi connectivity index (χ0v) is 16.0. The Morgan fingerprint density at radius 3 is 2.19 bits per heavy atom. The fourth-order valence-corrected chi connectivity index (χ4v) is 4.53. The minimum atomic E-state index is -0.322. The number of amides is 3. The number of benzene rings is 1. The summed E-state index contributed by atoms with van der Waals surface area (Å²) in [5.41, 5.74) is 2.08. The molecule has 0 aromatic heterocycles. The highest BCUT2D eigenvalue weighted by Crippen LogP contribution is 2.27. The summed E-state index contributed by atoms with van der Waals surface area (Å²) >= 11 is 0. The molecule has 3 aliphatic heterocycles. The lowest BCUT2D eigenvalue weighted by Gasteiger charge is -2.37. The number of imide groups is 1. The average molecular weight is 370 g/mol. The van der Waals surface area contributed by atoms with Gasteiger partial charge in [-0.1, -0.05) is 6.42 Å². The highest BCUT2D eigenvalue weighted by molar-refractivity contribution is 6.05. The van der Waals surface area contributed by atoms with Gasteiger partial charge in [-0.3, -0.25) is 15.0 Å². The first-order valence-corrected chi connectivity index (χ1v) is 10.4. The number of likely N-dealkylation sites (tertiary alicyclic amines) is 1. The monoisotopic (exact) mass is 370 g/mol. The molecule has 3 heterocycles. The summed E-state index contributed by atoms with van der Waals surface area (Å²) in [4.78, 5) is 30.0. The number of urea groups is 1. The number of carbonyl (C=O) groups excluding carboxylic acids is 2. The van der Waals surface area contributed by atoms with Crippen molar-refractivity contribution < 1.29 is 9.59 Å². The van der Waals surface area contributed by atoms with E-state index < -0.39 is 0 Å². The number of nitrogens with zero attached hydrogens (tertiary/aromatic N) is 3. The van der Waals surface area contributed by atoms with Crippen LogP contribution in [0.25, 0.3) is 0 Å². The van der Waals surface area contributed by atoms with Crippen LogP contribution in [0, 0.1) is 5.92 Å². The van der Waals surface area contributed by atoms with Gasteiger partial charge in [0.05, 0.1) is 0 Å². The molecule has 4 rings (SSSR count). The molecule has 0 bridgehead atoms. The van der Waals surface area contributed by atoms with Crippen LogP contribution < -0.4 is 15.1 Å². The summed E-state index contributed by atoms with van der Waals surface area (Å²) in [5, 5.41) is 2.38. The van der Waals surface area contributed by atoms with Crippen molar-refractivity contribution in [3.8, 4) is 0 Å². The smallest absolute Gasteiger partial charge is 0.328 e. The lowest BCUT2D eigenvalue weighted by Crippen LogP contribution is -2.49. The van der Waals surface area contributed by atoms with Crippen LogP contribution in [0.4, 0.5) is 16.2 Å². The summed E-state index contributed by atoms with van der Waals surface area (Å²) in [5.74, 6) is 0.633. The number of hydrogen-bond acceptors (Lipinski definition) is 4. The summed E-state index contributed by atoms with van der Waals surface area (Å²) in [6, 6.07) is 7.86. The second-order valence-electron chi connectivity index (χ2n) is 8.06. The van der Waals surface area contributed by atoms with Gasteiger partial charge in [0.15, 0.2) is 0 Å². The molecule has 0 saturated carbocycles. The van der Waals surface area contributed by atoms with Crippen molar-refractivity contribution in [3.63, 3.8) is 0 Å². The third-order valence-electron chi connectivity index (χ3n) is 6.16. The number of nitrogens with one attached hydrogen (secondary N) is 1. The van der Waals surface area contributed by atoms with Gasteiger partial charge in [0.1, 0.15) is 0 Å². The molecule has 0 aliphatic carbocycles. The maximum absolute atomic E-state index is 12.0. The number of anilines is 2. The van der Waals surface area contributed by atoms with Gasteiger partial charge >= 0.3 is 6.03 Å². The molecule has 1 aromatic rings. The van der Waals surface area contributed by atoms with Crippen LogP contribution in [-0.2, 0) is 4.79 Å². The Balaban J connectivity index is 1.29. The first-order valence-electron chi connectivity index (χ1n) is 10.4. The van der Waals surface area contributed by atoms with Gasteiger partial charge in [0, 0.05) is 44.0 Å². The lowest BCUT2D eigenvalue weighted by atomic mass is 9.95. The third-order valence-corrected chi connectivity index (χ3v) is 6.16. The third kappa shape index (κ3) is 4.43. The van der Waals surface area contributed by atoms with E-state index >= 15 is 0 Å². The molecular weight excluding hydrogens is 340 g/mol. The SMILES string of the molecule is O=C1CCN(c2ccc(N3CCC(CN4CCCCC4)CC3)cc2)C(=O)N1. The Morgan fingerprint density at radius 1 is 0.852 bits per heavy atom. The molecule has 0 atom stereocenters. The van der Waals surface area contributed by atoms with Crippen molar-refractivity contribution in [1.82, 2.24) is 10.2 Å². The first kappa shape index (κ1) is 18.3. The Kier molecular flexibility index (Phi) is 5.62. The van der Waals surface area contributed by atoms with Crippen LogP contribution >= 0.6 is 0 Å². The van der Waals surface area contributed by atoms with E-state index in [9.17, 15) is 9.59 Å². The Morgan fingerprint density at radius 2 is 1.52 bits per heavy atom. The summed E-state index contributed by atoms with van der Waals surface area (Å²) in [6.45, 7) is 6.52. The molecule has 1 N–H and O–H groups in total. The number of rotatable bonds is 4. The van der Waals surface area contributed by atoms with Crippen LogP contribution in [0.1, 0.15) is 38.5 Å². The highest BCUT2D eigenvalue weighted by atomic mass is 16.2. The van der Waals surface area contributed by atoms with Crippen molar-refractivity contribution in [2.75, 3.05) is 49.1 Å². The molecule has 27 heavy (non-hydrogen) atoms. The van der Waals surface area contributed by atoms with Crippen molar-refractivity contribution in [3.05, 3.63) is 24.3 Å². The molecule has 3 saturated heterocycles. The summed E-state index contributed by atoms with van der Waals surface area (Å²) in [7, 11) is 0. The maximum atomic E-state index is 12.0. The molecule has 6 nitrogen and oxygen atoms in total. The zero-order chi connectivity index (χ0) is 18.6. The van der Waals surface area contributed by atoms with E-state index in [0.29, 0.717) is 13.0 Å². The minimum Gasteiger partial charge on any atom is -0.372 e. The van der Waals surface area contributed by atoms with E-state index in [1.807, 2.05) is 12.1 Å². The molecule has 6 heteroatoms. The van der Waals surface area contributed by atoms with Gasteiger partial charge in [-0.15, -0.1) is 0 Å². The Labute approximate surface area is 161 Å². The van der Waals surface area contributed by atoms with Crippen molar-refractivity contribution >= 4 is 23.3 Å². The van der Waals surface area contributed by atoms with Crippen LogP contribution in [0.15, 0.2) is 24.3 Å². The summed E-state index contributed by atoms with van der Waals surface area (Å²) < 4.78 is 0. The quantitative estimate of drug-likeness (QED) is 0.885. The van der Waals surface area contributed by atoms with Crippen LogP contribution in [0.3, 0.4) is 0 Å². The van der Waals surface area contributed by atoms with E-state index in [4.69, 9.17) is 0 Å². The van der Waals surface area contributed by atoms with Crippen molar-refractivity contribution in [2.45, 2.75) is 38.5 Å². The van der Waals surface area contributed by atoms with E-state index in [1.54, 1.807) is 4.90 Å². The van der Waals surface area contributed by atoms with Crippen molar-refractivity contribution in [1.29, 1.82) is 0 Å². The highest BCUT2D eigenvalue weighted by Gasteiger charge is 2.25. The van der Waals surface area contributed by atoms with Gasteiger partial charge in [0.25, 0.3) is 0 Å². The molecule has 0 spiro atoms. The van der Waals surface area contributed by atoms with Gasteiger partial charge in [-0.2, -0.15) is 0 Å². The van der Waals surface area contributed by atoms with E-state index in [-0.39, 0.29) is 11.9 Å². The minimum absolute atomic E-state index is 0.194. The second kappa shape index (κ2) is 8.30. The van der Waals surface area contributed by atoms with Crippen LogP contribution in [-0.4, -0.2) is 56.1 Å². The van der Waals surface area contributed by atoms with Crippen LogP contribution in [0.5, 0.6) is 0 Å². The Hall–Kier alpha value is -2.08. The van der Waals surface area contributed by atoms with Gasteiger partial charge < -0.3 is 9.80 Å². The largest absolute Gasteiger partial charge is 0.372 e. The number of piperidine rings is 2.